The van der Waals surface area contributed by atoms with E-state index in [-0.39, 0.29) is 24.2 Å². The highest BCUT2D eigenvalue weighted by Gasteiger charge is 2.62. The summed E-state index contributed by atoms with van der Waals surface area (Å²) in [5, 5.41) is 11.1. The summed E-state index contributed by atoms with van der Waals surface area (Å²) < 4.78 is 30.4. The lowest BCUT2D eigenvalue weighted by Crippen LogP contribution is -2.47. The molecule has 9 heteroatoms. The monoisotopic (exact) mass is 401 g/mol. The summed E-state index contributed by atoms with van der Waals surface area (Å²) in [5.74, 6) is -2.25. The lowest BCUT2D eigenvalue weighted by atomic mass is 9.98. The number of nitrogens with zero attached hydrogens (tertiary/aromatic N) is 1. The molecule has 0 aliphatic carbocycles. The number of fused-ring (bicyclic) bond motifs is 1. The highest BCUT2D eigenvalue weighted by atomic mass is 16.8. The summed E-state index contributed by atoms with van der Waals surface area (Å²) in [6.45, 7) is 11.9. The van der Waals surface area contributed by atoms with Gasteiger partial charge in [0.15, 0.2) is 23.9 Å². The Morgan fingerprint density at radius 2 is 1.71 bits per heavy atom. The van der Waals surface area contributed by atoms with Gasteiger partial charge in [-0.05, 0) is 33.6 Å². The second-order valence-electron chi connectivity index (χ2n) is 9.26. The van der Waals surface area contributed by atoms with Crippen LogP contribution in [0.5, 0.6) is 0 Å². The summed E-state index contributed by atoms with van der Waals surface area (Å²) >= 11 is 0. The zero-order valence-corrected chi connectivity index (χ0v) is 17.3. The van der Waals surface area contributed by atoms with Crippen LogP contribution in [0.4, 0.5) is 0 Å². The number of ether oxygens (including phenoxy) is 5. The van der Waals surface area contributed by atoms with Crippen LogP contribution in [0.25, 0.3) is 0 Å². The van der Waals surface area contributed by atoms with Crippen molar-refractivity contribution in [2.45, 2.75) is 102 Å². The Kier molecular flexibility index (Phi) is 5.02. The van der Waals surface area contributed by atoms with E-state index >= 15 is 0 Å². The lowest BCUT2D eigenvalue weighted by Gasteiger charge is -2.33. The number of hydrogen-bond donors (Lipinski definition) is 1. The molecule has 4 aliphatic rings. The maximum absolute atomic E-state index is 11.5. The van der Waals surface area contributed by atoms with Gasteiger partial charge >= 0.3 is 5.97 Å². The maximum Gasteiger partial charge on any atom is 0.335 e. The Morgan fingerprint density at radius 1 is 1.04 bits per heavy atom. The van der Waals surface area contributed by atoms with Gasteiger partial charge in [-0.15, -0.1) is 0 Å². The summed E-state index contributed by atoms with van der Waals surface area (Å²) in [6.07, 6.45) is -2.56. The highest BCUT2D eigenvalue weighted by molar-refractivity contribution is 5.72. The van der Waals surface area contributed by atoms with E-state index in [9.17, 15) is 9.90 Å². The van der Waals surface area contributed by atoms with Crippen molar-refractivity contribution < 1.29 is 38.4 Å². The smallest absolute Gasteiger partial charge is 0.335 e. The quantitative estimate of drug-likeness (QED) is 0.752. The number of carbonyl (C=O) groups is 1. The van der Waals surface area contributed by atoms with Gasteiger partial charge in [0.05, 0.1) is 6.61 Å². The van der Waals surface area contributed by atoms with Crippen molar-refractivity contribution in [1.82, 2.24) is 5.06 Å². The van der Waals surface area contributed by atoms with Gasteiger partial charge in [0.1, 0.15) is 24.4 Å². The molecule has 9 nitrogen and oxygen atoms in total. The molecule has 4 fully saturated rings. The molecule has 160 valence electrons. The molecule has 7 atom stereocenters. The molecule has 0 bridgehead atoms. The minimum Gasteiger partial charge on any atom is -0.479 e. The molecular formula is C19H31NO8. The van der Waals surface area contributed by atoms with Crippen molar-refractivity contribution in [2.75, 3.05) is 6.61 Å². The largest absolute Gasteiger partial charge is 0.479 e. The Balaban J connectivity index is 1.59. The number of aliphatic carboxylic acids is 1. The highest BCUT2D eigenvalue weighted by Crippen LogP contribution is 2.45. The average molecular weight is 401 g/mol. The number of hydroxylamine groups is 2. The predicted octanol–water partition coefficient (Wildman–Crippen LogP) is 1.50. The van der Waals surface area contributed by atoms with E-state index in [0.29, 0.717) is 13.0 Å². The van der Waals surface area contributed by atoms with Gasteiger partial charge in [0, 0.05) is 12.5 Å². The van der Waals surface area contributed by atoms with Crippen LogP contribution in [0.1, 0.15) is 48.0 Å². The van der Waals surface area contributed by atoms with Crippen molar-refractivity contribution in [1.29, 1.82) is 0 Å². The predicted molar refractivity (Wildman–Crippen MR) is 95.0 cm³/mol. The number of hydrogen-bond acceptors (Lipinski definition) is 8. The van der Waals surface area contributed by atoms with E-state index in [4.69, 9.17) is 28.5 Å². The fourth-order valence-corrected chi connectivity index (χ4v) is 4.54. The first-order valence-corrected chi connectivity index (χ1v) is 9.98. The molecular weight excluding hydrogens is 370 g/mol. The van der Waals surface area contributed by atoms with Crippen LogP contribution in [-0.2, 0) is 33.3 Å². The molecule has 0 amide bonds. The van der Waals surface area contributed by atoms with E-state index < -0.39 is 42.1 Å². The Bertz CT molecular complexity index is 623. The second kappa shape index (κ2) is 6.87. The molecule has 4 heterocycles. The maximum atomic E-state index is 11.5. The van der Waals surface area contributed by atoms with Crippen LogP contribution in [0.3, 0.4) is 0 Å². The fraction of sp³-hybridized carbons (Fsp3) is 0.947. The molecule has 4 aliphatic heterocycles. The van der Waals surface area contributed by atoms with Crippen LogP contribution < -0.4 is 0 Å². The first kappa shape index (κ1) is 20.5. The molecule has 0 spiro atoms. The molecule has 0 aromatic heterocycles. The van der Waals surface area contributed by atoms with Gasteiger partial charge in [-0.1, -0.05) is 13.8 Å². The Morgan fingerprint density at radius 3 is 2.29 bits per heavy atom. The molecule has 0 radical (unpaired) electrons. The number of carboxylic acids is 1. The van der Waals surface area contributed by atoms with Crippen molar-refractivity contribution in [3.05, 3.63) is 0 Å². The first-order chi connectivity index (χ1) is 13.0. The number of rotatable bonds is 4. The van der Waals surface area contributed by atoms with Crippen molar-refractivity contribution in [3.8, 4) is 0 Å². The van der Waals surface area contributed by atoms with E-state index in [2.05, 4.69) is 0 Å². The van der Waals surface area contributed by atoms with E-state index in [1.54, 1.807) is 5.06 Å². The second-order valence-corrected chi connectivity index (χ2v) is 9.26. The molecule has 28 heavy (non-hydrogen) atoms. The van der Waals surface area contributed by atoms with Gasteiger partial charge in [-0.2, -0.15) is 5.06 Å². The van der Waals surface area contributed by atoms with Crippen molar-refractivity contribution in [3.63, 3.8) is 0 Å². The summed E-state index contributed by atoms with van der Waals surface area (Å²) in [4.78, 5) is 17.3. The molecule has 0 unspecified atom stereocenters. The zero-order valence-electron chi connectivity index (χ0n) is 17.3. The van der Waals surface area contributed by atoms with Crippen LogP contribution in [0.15, 0.2) is 0 Å². The molecule has 0 aromatic rings. The fourth-order valence-electron chi connectivity index (χ4n) is 4.54. The minimum absolute atomic E-state index is 0.102. The molecule has 4 rings (SSSR count). The average Bonchev–Trinajstić information content (AvgIpc) is 3.28. The van der Waals surface area contributed by atoms with E-state index in [0.717, 1.165) is 0 Å². The van der Waals surface area contributed by atoms with Crippen molar-refractivity contribution in [2.24, 2.45) is 5.92 Å². The van der Waals surface area contributed by atoms with E-state index in [1.807, 2.05) is 41.5 Å². The standard InChI is InChI=1S/C19H31NO8/c1-9(2)10-7-11(17(21)22)28-20(10)16-15-14(26-19(5,6)27-15)13(24-16)12-8-23-18(3,4)25-12/h9-16H,7-8H2,1-6H3,(H,21,22)/t10-,11-,12-,13+,14-,15-,16-/m1/s1. The first-order valence-electron chi connectivity index (χ1n) is 9.98. The SMILES string of the molecule is CC(C)[C@H]1C[C@H](C(=O)O)ON1[C@@H]1O[C@@H]([C@H]2COC(C)(C)O2)[C@H]2OC(C)(C)O[C@H]21. The van der Waals surface area contributed by atoms with Gasteiger partial charge in [0.2, 0.25) is 0 Å². The summed E-state index contributed by atoms with van der Waals surface area (Å²) in [7, 11) is 0. The Hall–Kier alpha value is -0.810. The molecule has 0 aromatic carbocycles. The lowest BCUT2D eigenvalue weighted by molar-refractivity contribution is -0.293. The normalized spacial score (nSPS) is 45.0. The zero-order chi connectivity index (χ0) is 20.4. The molecule has 1 N–H and O–H groups in total. The van der Waals surface area contributed by atoms with Crippen LogP contribution >= 0.6 is 0 Å². The van der Waals surface area contributed by atoms with Crippen LogP contribution in [-0.4, -0.2) is 77.1 Å². The third-order valence-electron chi connectivity index (χ3n) is 5.79. The summed E-state index contributed by atoms with van der Waals surface area (Å²) in [6, 6.07) is -0.102. The Labute approximate surface area is 165 Å². The molecule has 4 saturated heterocycles. The molecule has 0 saturated carbocycles. The third kappa shape index (κ3) is 3.58. The van der Waals surface area contributed by atoms with Crippen molar-refractivity contribution >= 4 is 5.97 Å². The number of carboxylic acid groups (broad SMARTS) is 1. The minimum atomic E-state index is -0.975. The van der Waals surface area contributed by atoms with E-state index in [1.165, 1.54) is 0 Å². The summed E-state index contributed by atoms with van der Waals surface area (Å²) in [5.41, 5.74) is 0. The topological polar surface area (TPSA) is 95.9 Å². The van der Waals surface area contributed by atoms with Gasteiger partial charge in [-0.3, -0.25) is 4.84 Å². The van der Waals surface area contributed by atoms with Gasteiger partial charge < -0.3 is 28.8 Å². The third-order valence-corrected chi connectivity index (χ3v) is 5.79. The van der Waals surface area contributed by atoms with Crippen LogP contribution in [0.2, 0.25) is 0 Å². The van der Waals surface area contributed by atoms with Crippen LogP contribution in [0, 0.1) is 5.92 Å². The van der Waals surface area contributed by atoms with Gasteiger partial charge in [0.25, 0.3) is 0 Å². The van der Waals surface area contributed by atoms with Gasteiger partial charge in [-0.25, -0.2) is 4.79 Å².